The maximum absolute atomic E-state index is 13.1. The van der Waals surface area contributed by atoms with Crippen LogP contribution in [0.3, 0.4) is 0 Å². The topological polar surface area (TPSA) is 103 Å². The maximum Gasteiger partial charge on any atom is 0.286 e. The van der Waals surface area contributed by atoms with E-state index in [1.54, 1.807) is 54.5 Å². The Labute approximate surface area is 187 Å². The third-order valence-corrected chi connectivity index (χ3v) is 6.40. The lowest BCUT2D eigenvalue weighted by atomic mass is 10.1. The van der Waals surface area contributed by atoms with E-state index in [-0.39, 0.29) is 29.7 Å². The molecule has 10 heteroatoms. The van der Waals surface area contributed by atoms with E-state index in [1.807, 2.05) is 0 Å². The quantitative estimate of drug-likeness (QED) is 0.632. The van der Waals surface area contributed by atoms with Gasteiger partial charge < -0.3 is 24.4 Å². The molecule has 0 spiro atoms. The minimum absolute atomic E-state index is 0.0899. The molecule has 0 unspecified atom stereocenters. The van der Waals surface area contributed by atoms with Crippen molar-refractivity contribution in [2.75, 3.05) is 25.8 Å². The molecular weight excluding hydrogens is 432 g/mol. The Bertz CT molecular complexity index is 1180. The van der Waals surface area contributed by atoms with Gasteiger partial charge in [0.1, 0.15) is 10.8 Å². The second kappa shape index (κ2) is 8.46. The molecule has 1 atom stereocenters. The van der Waals surface area contributed by atoms with Gasteiger partial charge in [-0.2, -0.15) is 0 Å². The van der Waals surface area contributed by atoms with E-state index in [4.69, 9.17) is 14.2 Å². The standard InChI is InChI=1S/C22H20N4O5S/c1-29-15-5-2-4-13(10-15)22(28)26-9-3-6-16(26)20-24-25-21(32-20)19(27)23-14-7-8-17-18(11-14)31-12-30-17/h2,4-5,7-8,10-11,16H,3,6,9,12H2,1H3,(H,23,27)/t16-/m0/s1. The van der Waals surface area contributed by atoms with E-state index in [0.29, 0.717) is 40.1 Å². The molecule has 1 N–H and O–H groups in total. The van der Waals surface area contributed by atoms with Gasteiger partial charge in [0.05, 0.1) is 13.2 Å². The number of carbonyl (C=O) groups is 2. The minimum atomic E-state index is -0.365. The van der Waals surface area contributed by atoms with Gasteiger partial charge in [0, 0.05) is 23.9 Å². The van der Waals surface area contributed by atoms with Gasteiger partial charge in [0.15, 0.2) is 11.5 Å². The zero-order valence-electron chi connectivity index (χ0n) is 17.2. The fourth-order valence-corrected chi connectivity index (χ4v) is 4.69. The number of nitrogens with zero attached hydrogens (tertiary/aromatic N) is 3. The van der Waals surface area contributed by atoms with Crippen LogP contribution >= 0.6 is 11.3 Å². The van der Waals surface area contributed by atoms with E-state index in [9.17, 15) is 9.59 Å². The molecular formula is C22H20N4O5S. The van der Waals surface area contributed by atoms with E-state index < -0.39 is 0 Å². The molecule has 164 valence electrons. The Balaban J connectivity index is 1.30. The average molecular weight is 452 g/mol. The Hall–Kier alpha value is -3.66. The molecule has 3 aromatic rings. The molecule has 1 aromatic heterocycles. The first-order chi connectivity index (χ1) is 15.6. The van der Waals surface area contributed by atoms with Crippen LogP contribution in [0, 0.1) is 0 Å². The number of carbonyl (C=O) groups excluding carboxylic acids is 2. The number of benzene rings is 2. The molecule has 2 aromatic carbocycles. The number of hydrogen-bond acceptors (Lipinski definition) is 8. The smallest absolute Gasteiger partial charge is 0.286 e. The Morgan fingerprint density at radius 2 is 2.03 bits per heavy atom. The molecule has 0 radical (unpaired) electrons. The van der Waals surface area contributed by atoms with Crippen molar-refractivity contribution in [3.05, 3.63) is 58.0 Å². The molecule has 0 bridgehead atoms. The SMILES string of the molecule is COc1cccc(C(=O)N2CCC[C@H]2c2nnc(C(=O)Nc3ccc4c(c3)OCO4)s2)c1. The average Bonchev–Trinajstić information content (AvgIpc) is 3.58. The van der Waals surface area contributed by atoms with Crippen LogP contribution in [-0.4, -0.2) is 47.4 Å². The highest BCUT2D eigenvalue weighted by atomic mass is 32.1. The Morgan fingerprint density at radius 1 is 1.16 bits per heavy atom. The number of anilines is 1. The van der Waals surface area contributed by atoms with Crippen molar-refractivity contribution in [2.24, 2.45) is 0 Å². The summed E-state index contributed by atoms with van der Waals surface area (Å²) >= 11 is 1.20. The monoisotopic (exact) mass is 452 g/mol. The van der Waals surface area contributed by atoms with Crippen LogP contribution in [0.15, 0.2) is 42.5 Å². The summed E-state index contributed by atoms with van der Waals surface area (Å²) < 4.78 is 15.9. The summed E-state index contributed by atoms with van der Waals surface area (Å²) in [6, 6.07) is 12.1. The number of methoxy groups -OCH3 is 1. The first kappa shape index (κ1) is 20.3. The minimum Gasteiger partial charge on any atom is -0.497 e. The van der Waals surface area contributed by atoms with Crippen LogP contribution in [-0.2, 0) is 0 Å². The molecule has 0 aliphatic carbocycles. The molecule has 2 amide bonds. The van der Waals surface area contributed by atoms with Gasteiger partial charge in [-0.25, -0.2) is 0 Å². The molecule has 0 saturated carbocycles. The number of nitrogens with one attached hydrogen (secondary N) is 1. The van der Waals surface area contributed by atoms with Gasteiger partial charge in [-0.05, 0) is 43.2 Å². The van der Waals surface area contributed by atoms with Crippen LogP contribution < -0.4 is 19.5 Å². The summed E-state index contributed by atoms with van der Waals surface area (Å²) in [5, 5.41) is 12.0. The molecule has 1 saturated heterocycles. The summed E-state index contributed by atoms with van der Waals surface area (Å²) in [5.41, 5.74) is 1.13. The van der Waals surface area contributed by atoms with Gasteiger partial charge in [0.2, 0.25) is 11.8 Å². The second-order valence-electron chi connectivity index (χ2n) is 7.36. The molecule has 32 heavy (non-hydrogen) atoms. The second-order valence-corrected chi connectivity index (χ2v) is 8.37. The van der Waals surface area contributed by atoms with Crippen LogP contribution in [0.5, 0.6) is 17.2 Å². The number of hydrogen-bond donors (Lipinski definition) is 1. The van der Waals surface area contributed by atoms with E-state index >= 15 is 0 Å². The van der Waals surface area contributed by atoms with Crippen molar-refractivity contribution in [1.29, 1.82) is 0 Å². The first-order valence-corrected chi connectivity index (χ1v) is 10.9. The Morgan fingerprint density at radius 3 is 2.91 bits per heavy atom. The van der Waals surface area contributed by atoms with Crippen molar-refractivity contribution in [3.8, 4) is 17.2 Å². The zero-order valence-corrected chi connectivity index (χ0v) is 18.1. The number of amides is 2. The summed E-state index contributed by atoms with van der Waals surface area (Å²) in [4.78, 5) is 27.6. The number of likely N-dealkylation sites (tertiary alicyclic amines) is 1. The van der Waals surface area contributed by atoms with Crippen molar-refractivity contribution in [2.45, 2.75) is 18.9 Å². The highest BCUT2D eigenvalue weighted by Crippen LogP contribution is 2.36. The first-order valence-electron chi connectivity index (χ1n) is 10.1. The van der Waals surface area contributed by atoms with Gasteiger partial charge in [-0.1, -0.05) is 17.4 Å². The molecule has 2 aliphatic heterocycles. The third kappa shape index (κ3) is 3.84. The zero-order chi connectivity index (χ0) is 22.1. The van der Waals surface area contributed by atoms with Crippen molar-refractivity contribution < 1.29 is 23.8 Å². The number of ether oxygens (including phenoxy) is 3. The van der Waals surface area contributed by atoms with Gasteiger partial charge in [0.25, 0.3) is 11.8 Å². The molecule has 1 fully saturated rings. The summed E-state index contributed by atoms with van der Waals surface area (Å²) in [6.07, 6.45) is 1.63. The normalized spacial score (nSPS) is 16.8. The summed E-state index contributed by atoms with van der Waals surface area (Å²) in [7, 11) is 1.57. The number of fused-ring (bicyclic) bond motifs is 1. The lowest BCUT2D eigenvalue weighted by molar-refractivity contribution is 0.0734. The van der Waals surface area contributed by atoms with Gasteiger partial charge in [-0.3, -0.25) is 9.59 Å². The number of aromatic nitrogens is 2. The number of rotatable bonds is 5. The van der Waals surface area contributed by atoms with Gasteiger partial charge >= 0.3 is 0 Å². The van der Waals surface area contributed by atoms with Crippen molar-refractivity contribution >= 4 is 28.8 Å². The van der Waals surface area contributed by atoms with Crippen molar-refractivity contribution in [3.63, 3.8) is 0 Å². The highest BCUT2D eigenvalue weighted by Gasteiger charge is 2.33. The van der Waals surface area contributed by atoms with Crippen LogP contribution in [0.1, 0.15) is 44.1 Å². The lowest BCUT2D eigenvalue weighted by Crippen LogP contribution is -2.30. The Kier molecular flexibility index (Phi) is 5.36. The third-order valence-electron chi connectivity index (χ3n) is 5.38. The fourth-order valence-electron chi connectivity index (χ4n) is 3.81. The molecule has 3 heterocycles. The molecule has 2 aliphatic rings. The van der Waals surface area contributed by atoms with Crippen LogP contribution in [0.4, 0.5) is 5.69 Å². The highest BCUT2D eigenvalue weighted by molar-refractivity contribution is 7.13. The summed E-state index contributed by atoms with van der Waals surface area (Å²) in [5.74, 6) is 1.40. The molecule has 9 nitrogen and oxygen atoms in total. The van der Waals surface area contributed by atoms with E-state index in [2.05, 4.69) is 15.5 Å². The van der Waals surface area contributed by atoms with Crippen LogP contribution in [0.25, 0.3) is 0 Å². The fraction of sp³-hybridized carbons (Fsp3) is 0.273. The van der Waals surface area contributed by atoms with Crippen molar-refractivity contribution in [1.82, 2.24) is 15.1 Å². The summed E-state index contributed by atoms with van der Waals surface area (Å²) in [6.45, 7) is 0.790. The lowest BCUT2D eigenvalue weighted by Gasteiger charge is -2.23. The maximum atomic E-state index is 13.1. The largest absolute Gasteiger partial charge is 0.497 e. The van der Waals surface area contributed by atoms with Gasteiger partial charge in [-0.15, -0.1) is 10.2 Å². The van der Waals surface area contributed by atoms with Crippen LogP contribution in [0.2, 0.25) is 0 Å². The van der Waals surface area contributed by atoms with E-state index in [0.717, 1.165) is 12.8 Å². The van der Waals surface area contributed by atoms with E-state index in [1.165, 1.54) is 11.3 Å². The predicted molar refractivity (Wildman–Crippen MR) is 116 cm³/mol. The predicted octanol–water partition coefficient (Wildman–Crippen LogP) is 3.51. The molecule has 5 rings (SSSR count).